The number of hydrogen-bond donors (Lipinski definition) is 0. The molecule has 5 nitrogen and oxygen atoms in total. The number of hydrogen-bond acceptors (Lipinski definition) is 4. The Hall–Kier alpha value is -2.22. The minimum atomic E-state index is 0.524. The molecular formula is C17H14IN3O2. The number of halogens is 1. The van der Waals surface area contributed by atoms with Gasteiger partial charge in [0.05, 0.1) is 15.7 Å². The van der Waals surface area contributed by atoms with E-state index in [0.717, 1.165) is 21.2 Å². The predicted molar refractivity (Wildman–Crippen MR) is 96.1 cm³/mol. The molecule has 0 aliphatic rings. The van der Waals surface area contributed by atoms with Gasteiger partial charge in [-0.3, -0.25) is 4.79 Å². The molecule has 3 rings (SSSR count). The molecule has 2 aromatic heterocycles. The molecule has 0 aliphatic heterocycles. The maximum absolute atomic E-state index is 11.4. The number of nitrogens with zero attached hydrogens (tertiary/aromatic N) is 3. The first-order chi connectivity index (χ1) is 11.2. The fourth-order valence-electron chi connectivity index (χ4n) is 2.23. The highest BCUT2D eigenvalue weighted by molar-refractivity contribution is 14.1. The second-order valence-electron chi connectivity index (χ2n) is 4.76. The maximum Gasteiger partial charge on any atom is 0.153 e. The van der Waals surface area contributed by atoms with Crippen LogP contribution in [0.15, 0.2) is 48.8 Å². The SMILES string of the molecule is CCOc1ccc(-c2nn(-c3ccccn3)cc2C=O)cc1I. The van der Waals surface area contributed by atoms with E-state index in [0.29, 0.717) is 23.7 Å². The summed E-state index contributed by atoms with van der Waals surface area (Å²) in [6.45, 7) is 2.56. The Balaban J connectivity index is 2.04. The van der Waals surface area contributed by atoms with Crippen molar-refractivity contribution in [3.8, 4) is 22.8 Å². The molecule has 116 valence electrons. The Morgan fingerprint density at radius 2 is 2.17 bits per heavy atom. The van der Waals surface area contributed by atoms with Gasteiger partial charge < -0.3 is 4.74 Å². The van der Waals surface area contributed by atoms with Crippen molar-refractivity contribution in [3.63, 3.8) is 0 Å². The molecule has 0 atom stereocenters. The molecule has 0 aliphatic carbocycles. The van der Waals surface area contributed by atoms with Gasteiger partial charge in [0.2, 0.25) is 0 Å². The van der Waals surface area contributed by atoms with Crippen LogP contribution in [0.1, 0.15) is 17.3 Å². The minimum Gasteiger partial charge on any atom is -0.493 e. The lowest BCUT2D eigenvalue weighted by Gasteiger charge is -2.07. The van der Waals surface area contributed by atoms with Crippen LogP contribution in [0.2, 0.25) is 0 Å². The zero-order valence-electron chi connectivity index (χ0n) is 12.4. The van der Waals surface area contributed by atoms with Gasteiger partial charge >= 0.3 is 0 Å². The molecule has 0 fully saturated rings. The van der Waals surface area contributed by atoms with Crippen molar-refractivity contribution in [1.29, 1.82) is 0 Å². The number of aromatic nitrogens is 3. The second kappa shape index (κ2) is 6.91. The summed E-state index contributed by atoms with van der Waals surface area (Å²) in [5.41, 5.74) is 2.02. The van der Waals surface area contributed by atoms with Crippen LogP contribution < -0.4 is 4.74 Å². The maximum atomic E-state index is 11.4. The molecule has 0 saturated carbocycles. The fourth-order valence-corrected chi connectivity index (χ4v) is 2.90. The molecule has 0 radical (unpaired) electrons. The Bertz CT molecular complexity index is 831. The zero-order valence-corrected chi connectivity index (χ0v) is 14.6. The topological polar surface area (TPSA) is 57.0 Å². The van der Waals surface area contributed by atoms with E-state index >= 15 is 0 Å². The third-order valence-electron chi connectivity index (χ3n) is 3.26. The summed E-state index contributed by atoms with van der Waals surface area (Å²) in [5.74, 6) is 1.50. The molecule has 0 amide bonds. The molecule has 0 spiro atoms. The Labute approximate surface area is 147 Å². The fraction of sp³-hybridized carbons (Fsp3) is 0.118. The van der Waals surface area contributed by atoms with E-state index in [-0.39, 0.29) is 0 Å². The molecular weight excluding hydrogens is 405 g/mol. The van der Waals surface area contributed by atoms with Crippen molar-refractivity contribution in [3.05, 3.63) is 57.9 Å². The highest BCUT2D eigenvalue weighted by Crippen LogP contribution is 2.29. The van der Waals surface area contributed by atoms with E-state index in [1.807, 2.05) is 43.3 Å². The molecule has 0 saturated heterocycles. The van der Waals surface area contributed by atoms with E-state index < -0.39 is 0 Å². The van der Waals surface area contributed by atoms with Crippen molar-refractivity contribution in [2.24, 2.45) is 0 Å². The largest absolute Gasteiger partial charge is 0.493 e. The summed E-state index contributed by atoms with van der Waals surface area (Å²) in [5, 5.41) is 4.52. The number of rotatable bonds is 5. The lowest BCUT2D eigenvalue weighted by Crippen LogP contribution is -1.97. The Morgan fingerprint density at radius 1 is 1.30 bits per heavy atom. The van der Waals surface area contributed by atoms with Crippen molar-refractivity contribution >= 4 is 28.9 Å². The standard InChI is InChI=1S/C17H14IN3O2/c1-2-23-15-7-6-12(9-14(15)18)17-13(11-22)10-21(20-17)16-5-3-4-8-19-16/h3-11H,2H2,1H3. The molecule has 0 N–H and O–H groups in total. The van der Waals surface area contributed by atoms with Crippen LogP contribution in [0.3, 0.4) is 0 Å². The molecule has 3 aromatic rings. The van der Waals surface area contributed by atoms with E-state index in [4.69, 9.17) is 4.74 Å². The molecule has 2 heterocycles. The second-order valence-corrected chi connectivity index (χ2v) is 5.92. The summed E-state index contributed by atoms with van der Waals surface area (Å²) in [7, 11) is 0. The number of ether oxygens (including phenoxy) is 1. The summed E-state index contributed by atoms with van der Waals surface area (Å²) in [4.78, 5) is 15.6. The Kier molecular flexibility index (Phi) is 4.71. The third kappa shape index (κ3) is 3.26. The van der Waals surface area contributed by atoms with E-state index in [1.165, 1.54) is 0 Å². The van der Waals surface area contributed by atoms with Gasteiger partial charge in [-0.15, -0.1) is 0 Å². The van der Waals surface area contributed by atoms with Crippen LogP contribution >= 0.6 is 22.6 Å². The average Bonchev–Trinajstić information content (AvgIpc) is 3.02. The number of benzene rings is 1. The first-order valence-electron chi connectivity index (χ1n) is 7.12. The van der Waals surface area contributed by atoms with Gasteiger partial charge in [-0.2, -0.15) is 5.10 Å². The van der Waals surface area contributed by atoms with E-state index in [9.17, 15) is 4.79 Å². The van der Waals surface area contributed by atoms with Gasteiger partial charge in [0.25, 0.3) is 0 Å². The Morgan fingerprint density at radius 3 is 2.83 bits per heavy atom. The normalized spacial score (nSPS) is 10.5. The predicted octanol–water partition coefficient (Wildman–Crippen LogP) is 3.75. The van der Waals surface area contributed by atoms with Gasteiger partial charge in [0, 0.05) is 18.0 Å². The number of carbonyl (C=O) groups is 1. The first-order valence-corrected chi connectivity index (χ1v) is 8.19. The monoisotopic (exact) mass is 419 g/mol. The molecule has 0 unspecified atom stereocenters. The van der Waals surface area contributed by atoms with Gasteiger partial charge in [0.15, 0.2) is 12.1 Å². The summed E-state index contributed by atoms with van der Waals surface area (Å²) in [6, 6.07) is 11.3. The highest BCUT2D eigenvalue weighted by atomic mass is 127. The lowest BCUT2D eigenvalue weighted by molar-refractivity contribution is 0.112. The summed E-state index contributed by atoms with van der Waals surface area (Å²) in [6.07, 6.45) is 4.19. The molecule has 1 aromatic carbocycles. The van der Waals surface area contributed by atoms with Crippen molar-refractivity contribution in [2.75, 3.05) is 6.61 Å². The number of pyridine rings is 1. The quantitative estimate of drug-likeness (QED) is 0.467. The van der Waals surface area contributed by atoms with Crippen LogP contribution in [-0.4, -0.2) is 27.7 Å². The van der Waals surface area contributed by atoms with Crippen molar-refractivity contribution in [2.45, 2.75) is 6.92 Å². The van der Waals surface area contributed by atoms with Crippen LogP contribution in [0, 0.1) is 3.57 Å². The number of carbonyl (C=O) groups excluding carboxylic acids is 1. The highest BCUT2D eigenvalue weighted by Gasteiger charge is 2.13. The zero-order chi connectivity index (χ0) is 16.2. The molecule has 23 heavy (non-hydrogen) atoms. The van der Waals surface area contributed by atoms with Gasteiger partial charge in [-0.1, -0.05) is 6.07 Å². The average molecular weight is 419 g/mol. The van der Waals surface area contributed by atoms with Gasteiger partial charge in [0.1, 0.15) is 11.4 Å². The van der Waals surface area contributed by atoms with E-state index in [2.05, 4.69) is 32.7 Å². The van der Waals surface area contributed by atoms with E-state index in [1.54, 1.807) is 17.1 Å². The van der Waals surface area contributed by atoms with Crippen LogP contribution in [0.5, 0.6) is 5.75 Å². The van der Waals surface area contributed by atoms with Crippen LogP contribution in [0.25, 0.3) is 17.1 Å². The smallest absolute Gasteiger partial charge is 0.153 e. The lowest BCUT2D eigenvalue weighted by atomic mass is 10.1. The first kappa shape index (κ1) is 15.7. The van der Waals surface area contributed by atoms with Crippen LogP contribution in [-0.2, 0) is 0 Å². The van der Waals surface area contributed by atoms with Gasteiger partial charge in [-0.25, -0.2) is 9.67 Å². The van der Waals surface area contributed by atoms with Crippen molar-refractivity contribution < 1.29 is 9.53 Å². The summed E-state index contributed by atoms with van der Waals surface area (Å²) < 4.78 is 8.14. The molecule has 0 bridgehead atoms. The van der Waals surface area contributed by atoms with Crippen LogP contribution in [0.4, 0.5) is 0 Å². The minimum absolute atomic E-state index is 0.524. The summed E-state index contributed by atoms with van der Waals surface area (Å²) >= 11 is 2.22. The van der Waals surface area contributed by atoms with Crippen molar-refractivity contribution in [1.82, 2.24) is 14.8 Å². The molecule has 6 heteroatoms. The third-order valence-corrected chi connectivity index (χ3v) is 4.10. The number of aldehydes is 1. The van der Waals surface area contributed by atoms with Gasteiger partial charge in [-0.05, 0) is 59.8 Å².